The van der Waals surface area contributed by atoms with Crippen molar-refractivity contribution in [1.82, 2.24) is 0 Å². The zero-order chi connectivity index (χ0) is 17.1. The quantitative estimate of drug-likeness (QED) is 0.673. The number of rotatable bonds is 1. The third-order valence-corrected chi connectivity index (χ3v) is 8.26. The minimum atomic E-state index is -0.131. The molecular weight excluding hydrogens is 300 g/mol. The van der Waals surface area contributed by atoms with Crippen molar-refractivity contribution in [1.29, 1.82) is 0 Å². The molecule has 7 atom stereocenters. The molecule has 3 saturated carbocycles. The second-order valence-electron chi connectivity index (χ2n) is 9.24. The molecule has 4 rings (SSSR count). The topological polar surface area (TPSA) is 43.4 Å². The van der Waals surface area contributed by atoms with Gasteiger partial charge in [-0.25, -0.2) is 0 Å². The van der Waals surface area contributed by atoms with Crippen molar-refractivity contribution in [2.75, 3.05) is 0 Å². The van der Waals surface area contributed by atoms with Gasteiger partial charge in [-0.05, 0) is 73.7 Å². The molecule has 4 aliphatic carbocycles. The van der Waals surface area contributed by atoms with E-state index in [9.17, 15) is 9.59 Å². The van der Waals surface area contributed by atoms with E-state index in [0.29, 0.717) is 23.5 Å². The van der Waals surface area contributed by atoms with Crippen LogP contribution in [0.15, 0.2) is 12.2 Å². The molecule has 0 radical (unpaired) electrons. The number of hydrogen-bond donors (Lipinski definition) is 0. The number of allylic oxidation sites excluding steroid dienone is 2. The zero-order valence-electron chi connectivity index (χ0n) is 15.2. The van der Waals surface area contributed by atoms with Gasteiger partial charge in [0.1, 0.15) is 6.10 Å². The Kier molecular flexibility index (Phi) is 3.71. The maximum absolute atomic E-state index is 11.9. The molecule has 3 fully saturated rings. The summed E-state index contributed by atoms with van der Waals surface area (Å²) in [6, 6.07) is 0. The minimum absolute atomic E-state index is 0.106. The summed E-state index contributed by atoms with van der Waals surface area (Å²) < 4.78 is 5.71. The number of fused-ring (bicyclic) bond motifs is 5. The van der Waals surface area contributed by atoms with E-state index in [-0.39, 0.29) is 22.9 Å². The van der Waals surface area contributed by atoms with Gasteiger partial charge in [0.15, 0.2) is 5.78 Å². The van der Waals surface area contributed by atoms with E-state index in [4.69, 9.17) is 4.74 Å². The first kappa shape index (κ1) is 16.4. The van der Waals surface area contributed by atoms with Gasteiger partial charge in [0.25, 0.3) is 0 Å². The molecule has 132 valence electrons. The standard InChI is InChI=1S/C21H30O3/c1-13(22)24-19-7-6-17-16-5-4-14-12-15(23)8-10-20(14,2)18(16)9-11-21(17,19)3/h8,10,14,16-19H,4-7,9,11-12H2,1-3H3/t14-,16-,17-,18-,19-,20-,21-/m0/s1. The Balaban J connectivity index is 1.62. The Hall–Kier alpha value is -1.12. The lowest BCUT2D eigenvalue weighted by Crippen LogP contribution is -2.53. The fraction of sp³-hybridized carbons (Fsp3) is 0.810. The molecule has 0 aliphatic heterocycles. The molecule has 0 aromatic rings. The molecule has 0 aromatic carbocycles. The van der Waals surface area contributed by atoms with Crippen LogP contribution in [0.25, 0.3) is 0 Å². The van der Waals surface area contributed by atoms with E-state index < -0.39 is 0 Å². The summed E-state index contributed by atoms with van der Waals surface area (Å²) in [6.45, 7) is 6.31. The summed E-state index contributed by atoms with van der Waals surface area (Å²) >= 11 is 0. The molecular formula is C21H30O3. The fourth-order valence-electron chi connectivity index (χ4n) is 6.98. The van der Waals surface area contributed by atoms with Crippen LogP contribution >= 0.6 is 0 Å². The van der Waals surface area contributed by atoms with Crippen LogP contribution in [-0.4, -0.2) is 17.9 Å². The van der Waals surface area contributed by atoms with Crippen molar-refractivity contribution in [3.8, 4) is 0 Å². The highest BCUT2D eigenvalue weighted by Crippen LogP contribution is 2.65. The predicted octanol–water partition coefficient (Wildman–Crippen LogP) is 4.31. The van der Waals surface area contributed by atoms with E-state index in [1.807, 2.05) is 6.08 Å². The highest BCUT2D eigenvalue weighted by molar-refractivity contribution is 5.91. The van der Waals surface area contributed by atoms with Gasteiger partial charge >= 0.3 is 5.97 Å². The van der Waals surface area contributed by atoms with E-state index in [0.717, 1.165) is 25.2 Å². The maximum atomic E-state index is 11.9. The highest BCUT2D eigenvalue weighted by atomic mass is 16.5. The first-order valence-electron chi connectivity index (χ1n) is 9.74. The Bertz CT molecular complexity index is 594. The number of ether oxygens (including phenoxy) is 1. The van der Waals surface area contributed by atoms with E-state index in [1.165, 1.54) is 25.7 Å². The van der Waals surface area contributed by atoms with Gasteiger partial charge in [0.2, 0.25) is 0 Å². The predicted molar refractivity (Wildman–Crippen MR) is 92.2 cm³/mol. The first-order valence-corrected chi connectivity index (χ1v) is 9.74. The van der Waals surface area contributed by atoms with Crippen LogP contribution in [0.4, 0.5) is 0 Å². The fourth-order valence-corrected chi connectivity index (χ4v) is 6.98. The Labute approximate surface area is 145 Å². The van der Waals surface area contributed by atoms with Gasteiger partial charge in [-0.3, -0.25) is 9.59 Å². The van der Waals surface area contributed by atoms with Gasteiger partial charge < -0.3 is 4.74 Å². The molecule has 0 aromatic heterocycles. The largest absolute Gasteiger partial charge is 0.462 e. The van der Waals surface area contributed by atoms with Crippen molar-refractivity contribution < 1.29 is 14.3 Å². The number of esters is 1. The Morgan fingerprint density at radius 2 is 1.92 bits per heavy atom. The lowest BCUT2D eigenvalue weighted by atomic mass is 9.46. The second-order valence-corrected chi connectivity index (χ2v) is 9.24. The molecule has 24 heavy (non-hydrogen) atoms. The zero-order valence-corrected chi connectivity index (χ0v) is 15.2. The summed E-state index contributed by atoms with van der Waals surface area (Å²) in [4.78, 5) is 23.4. The summed E-state index contributed by atoms with van der Waals surface area (Å²) in [5, 5.41) is 0. The van der Waals surface area contributed by atoms with Crippen LogP contribution in [0.1, 0.15) is 65.7 Å². The average Bonchev–Trinajstić information content (AvgIpc) is 2.84. The SMILES string of the molecule is CC(=O)O[C@H]1CC[C@H]2[C@@H]3CC[C@H]4CC(=O)C=C[C@]4(C)[C@H]3CC[C@]12C. The van der Waals surface area contributed by atoms with Crippen LogP contribution in [0.5, 0.6) is 0 Å². The van der Waals surface area contributed by atoms with Crippen molar-refractivity contribution in [2.24, 2.45) is 34.5 Å². The van der Waals surface area contributed by atoms with Gasteiger partial charge in [-0.1, -0.05) is 19.9 Å². The van der Waals surface area contributed by atoms with Crippen LogP contribution in [0.3, 0.4) is 0 Å². The van der Waals surface area contributed by atoms with Crippen LogP contribution < -0.4 is 0 Å². The molecule has 0 spiro atoms. The van der Waals surface area contributed by atoms with Crippen molar-refractivity contribution >= 4 is 11.8 Å². The second kappa shape index (κ2) is 5.44. The van der Waals surface area contributed by atoms with E-state index in [2.05, 4.69) is 19.9 Å². The van der Waals surface area contributed by atoms with Crippen molar-refractivity contribution in [2.45, 2.75) is 71.8 Å². The third kappa shape index (κ3) is 2.23. The first-order chi connectivity index (χ1) is 11.3. The van der Waals surface area contributed by atoms with Gasteiger partial charge in [-0.15, -0.1) is 0 Å². The van der Waals surface area contributed by atoms with Gasteiger partial charge in [-0.2, -0.15) is 0 Å². The summed E-state index contributed by atoms with van der Waals surface area (Å²) in [5.41, 5.74) is 0.349. The molecule has 0 amide bonds. The van der Waals surface area contributed by atoms with Crippen LogP contribution in [0.2, 0.25) is 0 Å². The monoisotopic (exact) mass is 330 g/mol. The number of carbonyl (C=O) groups excluding carboxylic acids is 2. The molecule has 0 heterocycles. The Morgan fingerprint density at radius 1 is 1.12 bits per heavy atom. The molecule has 0 N–H and O–H groups in total. The molecule has 0 saturated heterocycles. The number of ketones is 1. The molecule has 3 heteroatoms. The maximum Gasteiger partial charge on any atom is 0.302 e. The highest BCUT2D eigenvalue weighted by Gasteiger charge is 2.60. The Morgan fingerprint density at radius 3 is 2.67 bits per heavy atom. The molecule has 0 bridgehead atoms. The summed E-state index contributed by atoms with van der Waals surface area (Å²) in [7, 11) is 0. The van der Waals surface area contributed by atoms with Crippen molar-refractivity contribution in [3.63, 3.8) is 0 Å². The lowest BCUT2D eigenvalue weighted by Gasteiger charge is -2.58. The van der Waals surface area contributed by atoms with Crippen molar-refractivity contribution in [3.05, 3.63) is 12.2 Å². The van der Waals surface area contributed by atoms with Crippen LogP contribution in [0, 0.1) is 34.5 Å². The lowest BCUT2D eigenvalue weighted by molar-refractivity contribution is -0.158. The number of carbonyl (C=O) groups is 2. The van der Waals surface area contributed by atoms with Gasteiger partial charge in [0.05, 0.1) is 0 Å². The molecule has 4 aliphatic rings. The average molecular weight is 330 g/mol. The normalized spacial score (nSPS) is 50.0. The smallest absolute Gasteiger partial charge is 0.302 e. The van der Waals surface area contributed by atoms with Gasteiger partial charge in [0, 0.05) is 18.8 Å². The minimum Gasteiger partial charge on any atom is -0.462 e. The summed E-state index contributed by atoms with van der Waals surface area (Å²) in [6.07, 6.45) is 12.0. The van der Waals surface area contributed by atoms with E-state index >= 15 is 0 Å². The van der Waals surface area contributed by atoms with Crippen LogP contribution in [-0.2, 0) is 14.3 Å². The third-order valence-electron chi connectivity index (χ3n) is 8.26. The van der Waals surface area contributed by atoms with E-state index in [1.54, 1.807) is 6.92 Å². The number of hydrogen-bond acceptors (Lipinski definition) is 3. The summed E-state index contributed by atoms with van der Waals surface area (Å²) in [5.74, 6) is 2.80. The molecule has 3 nitrogen and oxygen atoms in total. The molecule has 0 unspecified atom stereocenters.